The maximum atomic E-state index is 11.6. The maximum Gasteiger partial charge on any atom is 0.263 e. The molecule has 1 aliphatic rings. The lowest BCUT2D eigenvalue weighted by atomic mass is 10.2. The van der Waals surface area contributed by atoms with Crippen LogP contribution in [0.15, 0.2) is 47.4 Å². The third-order valence-corrected chi connectivity index (χ3v) is 4.68. The van der Waals surface area contributed by atoms with Gasteiger partial charge in [-0.1, -0.05) is 54.3 Å². The molecule has 6 heteroatoms. The van der Waals surface area contributed by atoms with Crippen LogP contribution in [0, 0.1) is 13.8 Å². The van der Waals surface area contributed by atoms with Crippen LogP contribution in [0.1, 0.15) is 17.0 Å². The van der Waals surface area contributed by atoms with Gasteiger partial charge in [-0.25, -0.2) is 4.68 Å². The van der Waals surface area contributed by atoms with Crippen molar-refractivity contribution in [1.82, 2.24) is 15.1 Å². The van der Waals surface area contributed by atoms with E-state index in [1.165, 1.54) is 11.8 Å². The summed E-state index contributed by atoms with van der Waals surface area (Å²) in [5.41, 5.74) is 4.08. The third-order valence-electron chi connectivity index (χ3n) is 3.50. The number of hydrogen-bond donors (Lipinski definition) is 1. The summed E-state index contributed by atoms with van der Waals surface area (Å²) in [6, 6.07) is 10.0. The van der Waals surface area contributed by atoms with E-state index in [1.54, 1.807) is 6.08 Å². The molecule has 0 unspecified atom stereocenters. The number of benzene rings is 1. The molecule has 1 amide bonds. The number of para-hydroxylation sites is 1. The van der Waals surface area contributed by atoms with Gasteiger partial charge in [0.15, 0.2) is 0 Å². The van der Waals surface area contributed by atoms with Crippen molar-refractivity contribution in [1.29, 1.82) is 0 Å². The topological polar surface area (TPSA) is 46.9 Å². The first-order chi connectivity index (χ1) is 11.1. The molecule has 23 heavy (non-hydrogen) atoms. The molecule has 2 aromatic rings. The molecule has 0 radical (unpaired) electrons. The van der Waals surface area contributed by atoms with Crippen LogP contribution in [0.3, 0.4) is 0 Å². The largest absolute Gasteiger partial charge is 0.307 e. The average Bonchev–Trinajstić information content (AvgIpc) is 3.00. The first-order valence-electron chi connectivity index (χ1n) is 7.09. The number of carbonyl (C=O) groups excluding carboxylic acids is 1. The van der Waals surface area contributed by atoms with Gasteiger partial charge < -0.3 is 5.32 Å². The first kappa shape index (κ1) is 15.7. The smallest absolute Gasteiger partial charge is 0.263 e. The van der Waals surface area contributed by atoms with Crippen molar-refractivity contribution in [3.63, 3.8) is 0 Å². The molecule has 1 saturated heterocycles. The van der Waals surface area contributed by atoms with Gasteiger partial charge in [0.2, 0.25) is 0 Å². The summed E-state index contributed by atoms with van der Waals surface area (Å²) in [6.07, 6.45) is 5.61. The summed E-state index contributed by atoms with van der Waals surface area (Å²) < 4.78 is 2.42. The molecule has 0 spiro atoms. The van der Waals surface area contributed by atoms with E-state index >= 15 is 0 Å². The van der Waals surface area contributed by atoms with E-state index in [0.29, 0.717) is 9.23 Å². The quantitative estimate of drug-likeness (QED) is 0.685. The second-order valence-corrected chi connectivity index (χ2v) is 6.78. The Morgan fingerprint density at radius 3 is 2.65 bits per heavy atom. The van der Waals surface area contributed by atoms with Crippen molar-refractivity contribution in [2.45, 2.75) is 13.8 Å². The van der Waals surface area contributed by atoms with E-state index in [1.807, 2.05) is 61.0 Å². The SMILES string of the molecule is Cc1nn(-c2ccccc2)c(C)c1C=CC=C1SC(=S)NC1=O. The van der Waals surface area contributed by atoms with Crippen LogP contribution >= 0.6 is 24.0 Å². The Morgan fingerprint density at radius 2 is 2.00 bits per heavy atom. The fourth-order valence-electron chi connectivity index (χ4n) is 2.38. The Hall–Kier alpha value is -2.18. The molecule has 1 aliphatic heterocycles. The van der Waals surface area contributed by atoms with Crippen molar-refractivity contribution in [3.05, 3.63) is 64.3 Å². The van der Waals surface area contributed by atoms with Gasteiger partial charge in [0.1, 0.15) is 4.32 Å². The van der Waals surface area contributed by atoms with E-state index in [2.05, 4.69) is 10.4 Å². The zero-order valence-corrected chi connectivity index (χ0v) is 14.4. The third kappa shape index (κ3) is 3.28. The molecule has 1 N–H and O–H groups in total. The van der Waals surface area contributed by atoms with Crippen LogP contribution in [0.5, 0.6) is 0 Å². The number of nitrogens with zero attached hydrogens (tertiary/aromatic N) is 2. The van der Waals surface area contributed by atoms with Gasteiger partial charge in [0.05, 0.1) is 16.3 Å². The fraction of sp³-hybridized carbons (Fsp3) is 0.118. The molecule has 3 rings (SSSR count). The summed E-state index contributed by atoms with van der Waals surface area (Å²) in [5.74, 6) is -0.141. The number of thioether (sulfide) groups is 1. The van der Waals surface area contributed by atoms with Gasteiger partial charge in [-0.15, -0.1) is 0 Å². The van der Waals surface area contributed by atoms with E-state index in [0.717, 1.165) is 22.6 Å². The summed E-state index contributed by atoms with van der Waals surface area (Å²) in [4.78, 5) is 12.2. The molecule has 1 fully saturated rings. The minimum Gasteiger partial charge on any atom is -0.307 e. The molecular weight excluding hydrogens is 326 g/mol. The van der Waals surface area contributed by atoms with Crippen LogP contribution < -0.4 is 5.32 Å². The molecular formula is C17H15N3OS2. The first-order valence-corrected chi connectivity index (χ1v) is 8.32. The van der Waals surface area contributed by atoms with Crippen molar-refractivity contribution < 1.29 is 4.79 Å². The lowest BCUT2D eigenvalue weighted by molar-refractivity contribution is -0.115. The van der Waals surface area contributed by atoms with Crippen molar-refractivity contribution in [3.8, 4) is 5.69 Å². The van der Waals surface area contributed by atoms with Crippen LogP contribution in [0.25, 0.3) is 11.8 Å². The predicted molar refractivity (Wildman–Crippen MR) is 98.5 cm³/mol. The predicted octanol–water partition coefficient (Wildman–Crippen LogP) is 3.53. The highest BCUT2D eigenvalue weighted by Crippen LogP contribution is 2.24. The van der Waals surface area contributed by atoms with Gasteiger partial charge in [-0.05, 0) is 32.1 Å². The standard InChI is InChI=1S/C17H15N3OS2/c1-11-14(9-6-10-15-16(21)18-17(22)23-15)12(2)20(19-11)13-7-4-3-5-8-13/h3-10H,1-2H3,(H,18,21,22). The summed E-state index contributed by atoms with van der Waals surface area (Å²) >= 11 is 6.25. The highest BCUT2D eigenvalue weighted by Gasteiger charge is 2.21. The number of aromatic nitrogens is 2. The molecule has 1 aromatic heterocycles. The Bertz CT molecular complexity index is 835. The van der Waals surface area contributed by atoms with E-state index < -0.39 is 0 Å². The summed E-state index contributed by atoms with van der Waals surface area (Å²) in [7, 11) is 0. The molecule has 0 atom stereocenters. The zero-order chi connectivity index (χ0) is 16.4. The Labute approximate surface area is 144 Å². The Morgan fingerprint density at radius 1 is 1.26 bits per heavy atom. The van der Waals surface area contributed by atoms with Gasteiger partial charge in [-0.3, -0.25) is 4.79 Å². The number of carbonyl (C=O) groups is 1. The Kier molecular flexibility index (Phi) is 4.45. The zero-order valence-electron chi connectivity index (χ0n) is 12.7. The number of rotatable bonds is 3. The fourth-order valence-corrected chi connectivity index (χ4v) is 3.38. The molecule has 0 bridgehead atoms. The maximum absolute atomic E-state index is 11.6. The number of allylic oxidation sites excluding steroid dienone is 2. The van der Waals surface area contributed by atoms with Gasteiger partial charge in [0, 0.05) is 11.3 Å². The van der Waals surface area contributed by atoms with Crippen LogP contribution in [-0.2, 0) is 4.79 Å². The lowest BCUT2D eigenvalue weighted by Crippen LogP contribution is -2.17. The Balaban J connectivity index is 1.88. The normalized spacial score (nSPS) is 16.5. The summed E-state index contributed by atoms with van der Waals surface area (Å²) in [6.45, 7) is 4.01. The average molecular weight is 341 g/mol. The van der Waals surface area contributed by atoms with Crippen molar-refractivity contribution >= 4 is 40.3 Å². The molecule has 4 nitrogen and oxygen atoms in total. The van der Waals surface area contributed by atoms with Crippen LogP contribution in [0.4, 0.5) is 0 Å². The van der Waals surface area contributed by atoms with Crippen LogP contribution in [-0.4, -0.2) is 20.0 Å². The minimum absolute atomic E-state index is 0.141. The summed E-state index contributed by atoms with van der Waals surface area (Å²) in [5, 5.41) is 7.20. The van der Waals surface area contributed by atoms with Gasteiger partial charge >= 0.3 is 0 Å². The monoisotopic (exact) mass is 341 g/mol. The molecule has 116 valence electrons. The number of thiocarbonyl (C=S) groups is 1. The molecule has 0 saturated carbocycles. The number of nitrogens with one attached hydrogen (secondary N) is 1. The second-order valence-electron chi connectivity index (χ2n) is 5.07. The lowest BCUT2D eigenvalue weighted by Gasteiger charge is -2.03. The van der Waals surface area contributed by atoms with E-state index in [4.69, 9.17) is 12.2 Å². The highest BCUT2D eigenvalue weighted by molar-refractivity contribution is 8.26. The number of amides is 1. The number of hydrogen-bond acceptors (Lipinski definition) is 4. The van der Waals surface area contributed by atoms with E-state index in [-0.39, 0.29) is 5.91 Å². The van der Waals surface area contributed by atoms with Gasteiger partial charge in [0.25, 0.3) is 5.91 Å². The highest BCUT2D eigenvalue weighted by atomic mass is 32.2. The minimum atomic E-state index is -0.141. The van der Waals surface area contributed by atoms with Crippen LogP contribution in [0.2, 0.25) is 0 Å². The number of aryl methyl sites for hydroxylation is 1. The molecule has 1 aromatic carbocycles. The second kappa shape index (κ2) is 6.52. The molecule has 0 aliphatic carbocycles. The van der Waals surface area contributed by atoms with Crippen molar-refractivity contribution in [2.75, 3.05) is 0 Å². The van der Waals surface area contributed by atoms with Crippen molar-refractivity contribution in [2.24, 2.45) is 0 Å². The van der Waals surface area contributed by atoms with E-state index in [9.17, 15) is 4.79 Å². The van der Waals surface area contributed by atoms with Gasteiger partial charge in [-0.2, -0.15) is 5.10 Å². The molecule has 2 heterocycles.